The largest absolute Gasteiger partial charge is 0.472 e. The van der Waals surface area contributed by atoms with Crippen molar-refractivity contribution in [2.24, 2.45) is 22.7 Å². The summed E-state index contributed by atoms with van der Waals surface area (Å²) >= 11 is 6.67. The van der Waals surface area contributed by atoms with Crippen LogP contribution in [0.15, 0.2) is 23.0 Å². The SMILES string of the molecule is CC(=O)O[C@H]1[C@@H](C)[C@]2(C[C@@H](c3ccoc3)OC2=O)[C@H]2CCC[C@@]3(CCl)OC4(C)OC[C@@]23[C@H]1O4. The highest BCUT2D eigenvalue weighted by Crippen LogP contribution is 2.73. The third-order valence-corrected chi connectivity index (χ3v) is 9.59. The summed E-state index contributed by atoms with van der Waals surface area (Å²) in [6, 6.07) is 1.82. The van der Waals surface area contributed by atoms with Crippen LogP contribution >= 0.6 is 11.6 Å². The number of halogens is 1. The average Bonchev–Trinajstić information content (AvgIpc) is 3.43. The number of cyclic esters (lactones) is 1. The summed E-state index contributed by atoms with van der Waals surface area (Å²) in [5.74, 6) is -2.24. The molecule has 4 saturated heterocycles. The van der Waals surface area contributed by atoms with Gasteiger partial charge in [0.15, 0.2) is 0 Å². The minimum atomic E-state index is -1.28. The molecule has 2 aliphatic carbocycles. The first kappa shape index (κ1) is 21.9. The standard InChI is InChI=1S/C24H29ClO8/c1-13-18(30-14(2)26)19-24-12-29-21(3,32-19)33-22(24,11-25)7-4-5-17(24)23(13)9-16(31-20(23)27)15-6-8-28-10-15/h6,8,10,13,16-19H,4-5,7,9,11-12H2,1-3H3/t13-,16+,17-,18+,19+,21?,22+,23-,24+/m1/s1. The maximum Gasteiger partial charge on any atom is 0.313 e. The molecule has 2 saturated carbocycles. The molecule has 9 atom stereocenters. The molecule has 180 valence electrons. The van der Waals surface area contributed by atoms with E-state index in [0.29, 0.717) is 13.0 Å². The van der Waals surface area contributed by atoms with Gasteiger partial charge < -0.3 is 28.1 Å². The van der Waals surface area contributed by atoms with Crippen molar-refractivity contribution in [3.8, 4) is 0 Å². The highest BCUT2D eigenvalue weighted by atomic mass is 35.5. The normalized spacial score (nSPS) is 50.2. The third kappa shape index (κ3) is 2.58. The zero-order valence-corrected chi connectivity index (χ0v) is 19.8. The Morgan fingerprint density at radius 1 is 1.36 bits per heavy atom. The molecule has 4 aliphatic heterocycles. The Morgan fingerprint density at radius 3 is 2.88 bits per heavy atom. The molecule has 1 unspecified atom stereocenters. The number of esters is 2. The zero-order valence-electron chi connectivity index (χ0n) is 19.0. The average molecular weight is 481 g/mol. The predicted molar refractivity (Wildman–Crippen MR) is 113 cm³/mol. The van der Waals surface area contributed by atoms with Crippen molar-refractivity contribution >= 4 is 23.5 Å². The maximum atomic E-state index is 13.9. The predicted octanol–water partition coefficient (Wildman–Crippen LogP) is 3.72. The second kappa shape index (κ2) is 6.97. The van der Waals surface area contributed by atoms with Crippen molar-refractivity contribution < 1.29 is 37.7 Å². The van der Waals surface area contributed by atoms with Gasteiger partial charge in [-0.15, -0.1) is 11.6 Å². The fourth-order valence-electron chi connectivity index (χ4n) is 7.84. The number of rotatable bonds is 3. The van der Waals surface area contributed by atoms with Gasteiger partial charge in [0.1, 0.15) is 18.3 Å². The van der Waals surface area contributed by atoms with E-state index >= 15 is 0 Å². The van der Waals surface area contributed by atoms with Crippen molar-refractivity contribution in [3.05, 3.63) is 24.2 Å². The molecule has 0 N–H and O–H groups in total. The Labute approximate surface area is 197 Å². The van der Waals surface area contributed by atoms with E-state index in [1.165, 1.54) is 6.92 Å². The molecule has 0 aromatic carbocycles. The van der Waals surface area contributed by atoms with E-state index in [1.807, 2.05) is 13.0 Å². The summed E-state index contributed by atoms with van der Waals surface area (Å²) in [5.41, 5.74) is -1.59. The number of hydrogen-bond acceptors (Lipinski definition) is 8. The molecule has 1 aromatic rings. The van der Waals surface area contributed by atoms with Crippen molar-refractivity contribution in [3.63, 3.8) is 0 Å². The molecule has 0 amide bonds. The number of hydrogen-bond donors (Lipinski definition) is 0. The van der Waals surface area contributed by atoms with Gasteiger partial charge in [-0.05, 0) is 24.8 Å². The molecule has 9 heteroatoms. The number of carbonyl (C=O) groups excluding carboxylic acids is 2. The summed E-state index contributed by atoms with van der Waals surface area (Å²) in [5, 5.41) is 0. The lowest BCUT2D eigenvalue weighted by Crippen LogP contribution is -2.84. The Kier molecular flexibility index (Phi) is 4.62. The lowest BCUT2D eigenvalue weighted by molar-refractivity contribution is -0.549. The first-order valence-electron chi connectivity index (χ1n) is 11.7. The fraction of sp³-hybridized carbons (Fsp3) is 0.750. The molecule has 2 spiro atoms. The number of alkyl halides is 1. The first-order valence-corrected chi connectivity index (χ1v) is 12.2. The lowest BCUT2D eigenvalue weighted by Gasteiger charge is -2.74. The number of carbonyl (C=O) groups is 2. The van der Waals surface area contributed by atoms with Crippen LogP contribution < -0.4 is 0 Å². The minimum Gasteiger partial charge on any atom is -0.472 e. The van der Waals surface area contributed by atoms with Gasteiger partial charge in [-0.1, -0.05) is 13.3 Å². The summed E-state index contributed by atoms with van der Waals surface area (Å²) in [7, 11) is 0. The molecular weight excluding hydrogens is 452 g/mol. The minimum absolute atomic E-state index is 0.168. The molecule has 8 nitrogen and oxygen atoms in total. The third-order valence-electron chi connectivity index (χ3n) is 9.16. The molecule has 2 bridgehead atoms. The van der Waals surface area contributed by atoms with Gasteiger partial charge in [-0.2, -0.15) is 0 Å². The fourth-order valence-corrected chi connectivity index (χ4v) is 8.28. The topological polar surface area (TPSA) is 93.4 Å². The van der Waals surface area contributed by atoms with Gasteiger partial charge in [0.2, 0.25) is 0 Å². The van der Waals surface area contributed by atoms with Gasteiger partial charge in [-0.25, -0.2) is 0 Å². The molecule has 5 heterocycles. The molecule has 6 fully saturated rings. The Hall–Kier alpha value is -1.61. The van der Waals surface area contributed by atoms with Gasteiger partial charge in [-0.3, -0.25) is 9.59 Å². The van der Waals surface area contributed by atoms with Crippen LogP contribution in [-0.2, 0) is 33.3 Å². The van der Waals surface area contributed by atoms with Crippen LogP contribution in [0.3, 0.4) is 0 Å². The van der Waals surface area contributed by atoms with Crippen LogP contribution in [0.1, 0.15) is 58.1 Å². The van der Waals surface area contributed by atoms with Crippen LogP contribution in [0.4, 0.5) is 0 Å². The lowest BCUT2D eigenvalue weighted by atomic mass is 9.40. The highest BCUT2D eigenvalue weighted by Gasteiger charge is 2.82. The van der Waals surface area contributed by atoms with E-state index in [1.54, 1.807) is 19.5 Å². The van der Waals surface area contributed by atoms with Gasteiger partial charge in [0, 0.05) is 31.7 Å². The second-order valence-electron chi connectivity index (χ2n) is 10.5. The summed E-state index contributed by atoms with van der Waals surface area (Å²) < 4.78 is 36.2. The van der Waals surface area contributed by atoms with Crippen molar-refractivity contribution in [1.29, 1.82) is 0 Å². The molecule has 6 aliphatic rings. The Balaban J connectivity index is 1.54. The van der Waals surface area contributed by atoms with Crippen LogP contribution in [0.2, 0.25) is 0 Å². The number of furan rings is 1. The molecule has 0 radical (unpaired) electrons. The smallest absolute Gasteiger partial charge is 0.313 e. The maximum absolute atomic E-state index is 13.9. The highest BCUT2D eigenvalue weighted by molar-refractivity contribution is 6.18. The molecule has 1 aromatic heterocycles. The Bertz CT molecular complexity index is 981. The van der Waals surface area contributed by atoms with Crippen molar-refractivity contribution in [2.75, 3.05) is 12.5 Å². The second-order valence-corrected chi connectivity index (χ2v) is 10.7. The van der Waals surface area contributed by atoms with E-state index < -0.39 is 46.7 Å². The van der Waals surface area contributed by atoms with Crippen LogP contribution in [0.25, 0.3) is 0 Å². The summed E-state index contributed by atoms with van der Waals surface area (Å²) in [6.07, 6.45) is 4.42. The van der Waals surface area contributed by atoms with Crippen molar-refractivity contribution in [1.82, 2.24) is 0 Å². The van der Waals surface area contributed by atoms with Gasteiger partial charge in [0.25, 0.3) is 5.97 Å². The number of ether oxygens (including phenoxy) is 5. The first-order chi connectivity index (χ1) is 15.7. The van der Waals surface area contributed by atoms with E-state index in [2.05, 4.69) is 0 Å². The van der Waals surface area contributed by atoms with E-state index in [4.69, 9.17) is 39.7 Å². The summed E-state index contributed by atoms with van der Waals surface area (Å²) in [6.45, 7) is 5.43. The monoisotopic (exact) mass is 480 g/mol. The quantitative estimate of drug-likeness (QED) is 0.477. The summed E-state index contributed by atoms with van der Waals surface area (Å²) in [4.78, 5) is 26.1. The molecule has 33 heavy (non-hydrogen) atoms. The van der Waals surface area contributed by atoms with E-state index in [-0.39, 0.29) is 23.7 Å². The van der Waals surface area contributed by atoms with E-state index in [0.717, 1.165) is 24.8 Å². The van der Waals surface area contributed by atoms with Crippen LogP contribution in [-0.4, -0.2) is 48.2 Å². The van der Waals surface area contributed by atoms with Crippen LogP contribution in [0, 0.1) is 22.7 Å². The van der Waals surface area contributed by atoms with E-state index in [9.17, 15) is 9.59 Å². The van der Waals surface area contributed by atoms with Gasteiger partial charge in [0.05, 0.1) is 41.4 Å². The molecular formula is C24H29ClO8. The number of fused-ring (bicyclic) bond motifs is 2. The Morgan fingerprint density at radius 2 is 2.18 bits per heavy atom. The van der Waals surface area contributed by atoms with Crippen LogP contribution in [0.5, 0.6) is 0 Å². The van der Waals surface area contributed by atoms with Crippen molar-refractivity contribution in [2.45, 2.75) is 76.3 Å². The molecule has 7 rings (SSSR count). The zero-order chi connectivity index (χ0) is 23.2. The van der Waals surface area contributed by atoms with Gasteiger partial charge >= 0.3 is 11.9 Å².